The van der Waals surface area contributed by atoms with Crippen molar-refractivity contribution in [2.45, 2.75) is 28.3 Å². The summed E-state index contributed by atoms with van der Waals surface area (Å²) in [6.07, 6.45) is 0. The molecule has 0 aliphatic carbocycles. The van der Waals surface area contributed by atoms with E-state index in [4.69, 9.17) is 5.73 Å². The predicted octanol–water partition coefficient (Wildman–Crippen LogP) is 1.92. The number of thioether (sulfide) groups is 1. The molecule has 0 bridgehead atoms. The highest BCUT2D eigenvalue weighted by molar-refractivity contribution is 8.00. The molecule has 0 amide bonds. The molecule has 1 rings (SSSR count). The summed E-state index contributed by atoms with van der Waals surface area (Å²) in [7, 11) is -3.75. The molecule has 0 saturated heterocycles. The lowest BCUT2D eigenvalue weighted by atomic mass is 10.4. The number of halogens is 3. The fourth-order valence-corrected chi connectivity index (χ4v) is 3.00. The summed E-state index contributed by atoms with van der Waals surface area (Å²) < 4.78 is 62.2. The number of hydrogen-bond donors (Lipinski definition) is 2. The monoisotopic (exact) mass is 314 g/mol. The Morgan fingerprint density at radius 1 is 1.32 bits per heavy atom. The number of rotatable bonds is 5. The first-order chi connectivity index (χ1) is 8.64. The third-order valence-electron chi connectivity index (χ3n) is 2.08. The Hall–Kier alpha value is -0.770. The van der Waals surface area contributed by atoms with Gasteiger partial charge in [0.05, 0.1) is 4.90 Å². The van der Waals surface area contributed by atoms with Crippen LogP contribution in [0.4, 0.5) is 13.2 Å². The average Bonchev–Trinajstić information content (AvgIpc) is 2.26. The van der Waals surface area contributed by atoms with Crippen molar-refractivity contribution in [3.05, 3.63) is 24.3 Å². The quantitative estimate of drug-likeness (QED) is 0.815. The van der Waals surface area contributed by atoms with Gasteiger partial charge in [-0.1, -0.05) is 0 Å². The van der Waals surface area contributed by atoms with E-state index in [1.807, 2.05) is 0 Å². The second kappa shape index (κ2) is 6.12. The molecular weight excluding hydrogens is 301 g/mol. The van der Waals surface area contributed by atoms with E-state index in [9.17, 15) is 21.6 Å². The van der Waals surface area contributed by atoms with E-state index in [1.165, 1.54) is 0 Å². The summed E-state index contributed by atoms with van der Waals surface area (Å²) in [6.45, 7) is 1.71. The van der Waals surface area contributed by atoms with Crippen LogP contribution in [0.2, 0.25) is 0 Å². The van der Waals surface area contributed by atoms with E-state index in [0.29, 0.717) is 0 Å². The van der Waals surface area contributed by atoms with E-state index in [0.717, 1.165) is 24.3 Å². The van der Waals surface area contributed by atoms with Gasteiger partial charge in [0.15, 0.2) is 0 Å². The molecule has 108 valence electrons. The molecule has 1 aromatic carbocycles. The van der Waals surface area contributed by atoms with Crippen molar-refractivity contribution in [3.8, 4) is 0 Å². The van der Waals surface area contributed by atoms with Crippen LogP contribution in [0.3, 0.4) is 0 Å². The summed E-state index contributed by atoms with van der Waals surface area (Å²) >= 11 is -0.297. The lowest BCUT2D eigenvalue weighted by Gasteiger charge is -2.12. The van der Waals surface area contributed by atoms with Crippen LogP contribution in [0.15, 0.2) is 34.1 Å². The maximum Gasteiger partial charge on any atom is 0.446 e. The summed E-state index contributed by atoms with van der Waals surface area (Å²) in [4.78, 5) is -0.169. The molecule has 0 spiro atoms. The second-order valence-electron chi connectivity index (χ2n) is 3.78. The van der Waals surface area contributed by atoms with E-state index in [-0.39, 0.29) is 28.1 Å². The Labute approximate surface area is 113 Å². The van der Waals surface area contributed by atoms with Gasteiger partial charge in [-0.2, -0.15) is 13.2 Å². The van der Waals surface area contributed by atoms with Crippen LogP contribution in [-0.2, 0) is 10.0 Å². The Kier molecular flexibility index (Phi) is 5.25. The first kappa shape index (κ1) is 16.3. The SMILES string of the molecule is C[C@@H](CN)NS(=O)(=O)c1ccc(SC(F)(F)F)cc1. The highest BCUT2D eigenvalue weighted by Gasteiger charge is 2.29. The summed E-state index contributed by atoms with van der Waals surface area (Å²) in [5.74, 6) is 0. The van der Waals surface area contributed by atoms with Gasteiger partial charge in [-0.25, -0.2) is 13.1 Å². The number of nitrogens with two attached hydrogens (primary N) is 1. The van der Waals surface area contributed by atoms with E-state index < -0.39 is 21.6 Å². The molecule has 0 unspecified atom stereocenters. The van der Waals surface area contributed by atoms with Crippen LogP contribution in [0.5, 0.6) is 0 Å². The lowest BCUT2D eigenvalue weighted by molar-refractivity contribution is -0.0328. The van der Waals surface area contributed by atoms with Gasteiger partial charge in [-0.05, 0) is 43.0 Å². The molecule has 9 heteroatoms. The van der Waals surface area contributed by atoms with Crippen molar-refractivity contribution in [3.63, 3.8) is 0 Å². The summed E-state index contributed by atoms with van der Waals surface area (Å²) in [6, 6.07) is 4.02. The van der Waals surface area contributed by atoms with Crippen LogP contribution in [-0.4, -0.2) is 26.5 Å². The van der Waals surface area contributed by atoms with E-state index >= 15 is 0 Å². The molecule has 0 fully saturated rings. The van der Waals surface area contributed by atoms with Gasteiger partial charge in [-0.15, -0.1) is 0 Å². The van der Waals surface area contributed by atoms with Gasteiger partial charge >= 0.3 is 5.51 Å². The zero-order valence-electron chi connectivity index (χ0n) is 9.94. The molecule has 0 saturated carbocycles. The molecule has 3 N–H and O–H groups in total. The van der Waals surface area contributed by atoms with E-state index in [1.54, 1.807) is 6.92 Å². The molecule has 0 aliphatic rings. The van der Waals surface area contributed by atoms with Gasteiger partial charge in [0.1, 0.15) is 0 Å². The maximum absolute atomic E-state index is 12.1. The van der Waals surface area contributed by atoms with Crippen LogP contribution < -0.4 is 10.5 Å². The number of hydrogen-bond acceptors (Lipinski definition) is 4. The summed E-state index contributed by atoms with van der Waals surface area (Å²) in [5, 5.41) is 0. The normalized spacial score (nSPS) is 14.4. The zero-order chi connectivity index (χ0) is 14.7. The fourth-order valence-electron chi connectivity index (χ4n) is 1.20. The van der Waals surface area contributed by atoms with Gasteiger partial charge in [0.25, 0.3) is 0 Å². The van der Waals surface area contributed by atoms with Crippen molar-refractivity contribution in [1.82, 2.24) is 4.72 Å². The van der Waals surface area contributed by atoms with Gasteiger partial charge in [0, 0.05) is 17.5 Å². The maximum atomic E-state index is 12.1. The summed E-state index contributed by atoms with van der Waals surface area (Å²) in [5.41, 5.74) is 0.899. The van der Waals surface area contributed by atoms with Crippen molar-refractivity contribution in [2.24, 2.45) is 5.73 Å². The van der Waals surface area contributed by atoms with Gasteiger partial charge in [0.2, 0.25) is 10.0 Å². The Morgan fingerprint density at radius 3 is 2.26 bits per heavy atom. The van der Waals surface area contributed by atoms with Gasteiger partial charge in [-0.3, -0.25) is 0 Å². The average molecular weight is 314 g/mol. The molecule has 4 nitrogen and oxygen atoms in total. The van der Waals surface area contributed by atoms with Crippen LogP contribution in [0.1, 0.15) is 6.92 Å². The predicted molar refractivity (Wildman–Crippen MR) is 67.2 cm³/mol. The van der Waals surface area contributed by atoms with Crippen molar-refractivity contribution in [1.29, 1.82) is 0 Å². The van der Waals surface area contributed by atoms with Crippen molar-refractivity contribution < 1.29 is 21.6 Å². The molecule has 1 aromatic rings. The molecule has 0 radical (unpaired) electrons. The minimum absolute atomic E-state index is 0.0710. The highest BCUT2D eigenvalue weighted by Crippen LogP contribution is 2.36. The lowest BCUT2D eigenvalue weighted by Crippen LogP contribution is -2.37. The van der Waals surface area contributed by atoms with E-state index in [2.05, 4.69) is 4.72 Å². The minimum atomic E-state index is -4.40. The standard InChI is InChI=1S/C10H13F3N2O2S2/c1-7(6-14)15-19(16,17)9-4-2-8(3-5-9)18-10(11,12)13/h2-5,7,15H,6,14H2,1H3/t7-/m0/s1. The largest absolute Gasteiger partial charge is 0.446 e. The smallest absolute Gasteiger partial charge is 0.329 e. The highest BCUT2D eigenvalue weighted by atomic mass is 32.2. The van der Waals surface area contributed by atoms with Crippen LogP contribution in [0.25, 0.3) is 0 Å². The Morgan fingerprint density at radius 2 is 1.84 bits per heavy atom. The molecule has 19 heavy (non-hydrogen) atoms. The third-order valence-corrected chi connectivity index (χ3v) is 4.42. The Balaban J connectivity index is 2.87. The zero-order valence-corrected chi connectivity index (χ0v) is 11.6. The topological polar surface area (TPSA) is 72.2 Å². The first-order valence-electron chi connectivity index (χ1n) is 5.22. The molecule has 0 aliphatic heterocycles. The van der Waals surface area contributed by atoms with Crippen LogP contribution in [0, 0.1) is 0 Å². The van der Waals surface area contributed by atoms with Crippen molar-refractivity contribution in [2.75, 3.05) is 6.54 Å². The Bertz CT molecular complexity index is 515. The number of nitrogens with one attached hydrogen (secondary N) is 1. The molecule has 1 atom stereocenters. The molecule has 0 heterocycles. The number of alkyl halides is 3. The first-order valence-corrected chi connectivity index (χ1v) is 7.52. The fraction of sp³-hybridized carbons (Fsp3) is 0.400. The number of sulfonamides is 1. The third kappa shape index (κ3) is 5.39. The number of benzene rings is 1. The second-order valence-corrected chi connectivity index (χ2v) is 6.63. The molecule has 0 aromatic heterocycles. The molecular formula is C10H13F3N2O2S2. The minimum Gasteiger partial charge on any atom is -0.329 e. The van der Waals surface area contributed by atoms with Crippen LogP contribution >= 0.6 is 11.8 Å². The van der Waals surface area contributed by atoms with Crippen molar-refractivity contribution >= 4 is 21.8 Å². The van der Waals surface area contributed by atoms with Gasteiger partial charge < -0.3 is 5.73 Å².